The highest BCUT2D eigenvalue weighted by Gasteiger charge is 2.37. The van der Waals surface area contributed by atoms with Crippen LogP contribution in [0, 0.1) is 11.7 Å². The smallest absolute Gasteiger partial charge is 0.257 e. The van der Waals surface area contributed by atoms with Crippen LogP contribution >= 0.6 is 0 Å². The number of halogens is 1. The van der Waals surface area contributed by atoms with E-state index in [1.807, 2.05) is 26.1 Å². The van der Waals surface area contributed by atoms with Crippen molar-refractivity contribution in [2.24, 2.45) is 5.92 Å². The summed E-state index contributed by atoms with van der Waals surface area (Å²) in [6.07, 6.45) is 6.55. The van der Waals surface area contributed by atoms with Crippen molar-refractivity contribution in [2.75, 3.05) is 26.2 Å². The highest BCUT2D eigenvalue weighted by Crippen LogP contribution is 2.23. The van der Waals surface area contributed by atoms with Gasteiger partial charge in [0.25, 0.3) is 5.91 Å². The van der Waals surface area contributed by atoms with Crippen LogP contribution in [0.3, 0.4) is 0 Å². The van der Waals surface area contributed by atoms with Crippen LogP contribution in [0.15, 0.2) is 36.7 Å². The first-order valence-corrected chi connectivity index (χ1v) is 14.1. The lowest BCUT2D eigenvalue weighted by Gasteiger charge is -2.32. The first kappa shape index (κ1) is 29.2. The van der Waals surface area contributed by atoms with Crippen molar-refractivity contribution >= 4 is 23.6 Å². The molecular weight excluding hydrogens is 515 g/mol. The summed E-state index contributed by atoms with van der Waals surface area (Å²) < 4.78 is 16.5. The second-order valence-corrected chi connectivity index (χ2v) is 10.9. The van der Waals surface area contributed by atoms with E-state index in [0.29, 0.717) is 51.7 Å². The summed E-state index contributed by atoms with van der Waals surface area (Å²) in [5, 5.41) is 10.1. The molecule has 1 aromatic heterocycles. The van der Waals surface area contributed by atoms with E-state index in [9.17, 15) is 23.6 Å². The number of nitrogens with zero attached hydrogens (tertiary/aromatic N) is 4. The number of rotatable bonds is 5. The number of aryl methyl sites for hydroxylation is 2. The van der Waals surface area contributed by atoms with Crippen LogP contribution in [0.2, 0.25) is 0 Å². The molecule has 3 heterocycles. The molecule has 0 radical (unpaired) electrons. The van der Waals surface area contributed by atoms with E-state index in [1.54, 1.807) is 23.0 Å². The molecule has 1 fully saturated rings. The molecule has 11 heteroatoms. The summed E-state index contributed by atoms with van der Waals surface area (Å²) in [6.45, 7) is 5.24. The molecule has 4 rings (SSSR count). The number of benzene rings is 1. The fraction of sp³-hybridized carbons (Fsp3) is 0.552. The van der Waals surface area contributed by atoms with Crippen LogP contribution in [0.25, 0.3) is 0 Å². The molecule has 0 unspecified atom stereocenters. The topological polar surface area (TPSA) is 117 Å². The number of carbonyl (C=O) groups is 4. The van der Waals surface area contributed by atoms with Gasteiger partial charge in [0.15, 0.2) is 0 Å². The van der Waals surface area contributed by atoms with E-state index < -0.39 is 23.8 Å². The van der Waals surface area contributed by atoms with Crippen LogP contribution in [-0.2, 0) is 27.3 Å². The monoisotopic (exact) mass is 554 g/mol. The van der Waals surface area contributed by atoms with Crippen molar-refractivity contribution in [3.05, 3.63) is 53.6 Å². The minimum atomic E-state index is -0.728. The first-order valence-electron chi connectivity index (χ1n) is 14.1. The molecule has 2 bridgehead atoms. The molecule has 2 aromatic rings. The van der Waals surface area contributed by atoms with Crippen LogP contribution in [0.1, 0.15) is 61.9 Å². The van der Waals surface area contributed by atoms with Crippen molar-refractivity contribution in [2.45, 2.75) is 71.0 Å². The summed E-state index contributed by atoms with van der Waals surface area (Å²) in [5.41, 5.74) is 0.732. The Morgan fingerprint density at radius 2 is 2.02 bits per heavy atom. The quantitative estimate of drug-likeness (QED) is 0.588. The lowest BCUT2D eigenvalue weighted by molar-refractivity contribution is -0.137. The van der Waals surface area contributed by atoms with Gasteiger partial charge in [-0.05, 0) is 61.8 Å². The molecule has 2 aliphatic heterocycles. The number of hydrogen-bond donors (Lipinski definition) is 2. The van der Waals surface area contributed by atoms with Crippen molar-refractivity contribution in [1.82, 2.24) is 30.2 Å². The second kappa shape index (κ2) is 13.5. The van der Waals surface area contributed by atoms with Gasteiger partial charge in [-0.15, -0.1) is 0 Å². The third-order valence-electron chi connectivity index (χ3n) is 7.62. The number of amides is 4. The average molecular weight is 555 g/mol. The normalized spacial score (nSPS) is 21.1. The lowest BCUT2D eigenvalue weighted by Crippen LogP contribution is -2.54. The Kier molecular flexibility index (Phi) is 9.89. The third-order valence-corrected chi connectivity index (χ3v) is 7.62. The number of nitrogens with one attached hydrogen (secondary N) is 2. The Hall–Kier alpha value is -3.76. The van der Waals surface area contributed by atoms with E-state index in [0.717, 1.165) is 5.56 Å². The summed E-state index contributed by atoms with van der Waals surface area (Å²) in [5.74, 6) is -1.95. The zero-order valence-electron chi connectivity index (χ0n) is 23.3. The Balaban J connectivity index is 1.55. The molecule has 1 aromatic carbocycles. The van der Waals surface area contributed by atoms with Gasteiger partial charge in [0.05, 0.1) is 12.1 Å². The third kappa shape index (κ3) is 7.45. The predicted octanol–water partition coefficient (Wildman–Crippen LogP) is 2.14. The van der Waals surface area contributed by atoms with Gasteiger partial charge in [-0.1, -0.05) is 19.9 Å². The van der Waals surface area contributed by atoms with Gasteiger partial charge in [-0.25, -0.2) is 4.39 Å². The maximum atomic E-state index is 14.7. The molecule has 4 amide bonds. The van der Waals surface area contributed by atoms with Gasteiger partial charge in [0.2, 0.25) is 17.7 Å². The van der Waals surface area contributed by atoms with Crippen LogP contribution in [0.4, 0.5) is 4.39 Å². The van der Waals surface area contributed by atoms with E-state index in [2.05, 4.69) is 15.7 Å². The first-order chi connectivity index (χ1) is 19.2. The largest absolute Gasteiger partial charge is 0.355 e. The summed E-state index contributed by atoms with van der Waals surface area (Å²) in [6, 6.07) is 5.11. The molecule has 0 saturated carbocycles. The van der Waals surface area contributed by atoms with E-state index in [4.69, 9.17) is 0 Å². The van der Waals surface area contributed by atoms with Gasteiger partial charge >= 0.3 is 0 Å². The molecule has 2 aliphatic rings. The Morgan fingerprint density at radius 1 is 1.20 bits per heavy atom. The van der Waals surface area contributed by atoms with Gasteiger partial charge in [-0.2, -0.15) is 5.10 Å². The van der Waals surface area contributed by atoms with Crippen molar-refractivity contribution in [3.63, 3.8) is 0 Å². The maximum Gasteiger partial charge on any atom is 0.257 e. The minimum Gasteiger partial charge on any atom is -0.355 e. The highest BCUT2D eigenvalue weighted by atomic mass is 19.1. The molecule has 0 spiro atoms. The molecule has 1 saturated heterocycles. The maximum absolute atomic E-state index is 14.7. The SMILES string of the molecule is CC(C)[C@@H]1CN(C(=O)CCCn2cccn2)CC(=O)NCCCc2ccc(F)c(c2)C(=O)N2CCC[C@H]2C(=O)N1. The van der Waals surface area contributed by atoms with Crippen LogP contribution < -0.4 is 10.6 Å². The molecule has 2 N–H and O–H groups in total. The summed E-state index contributed by atoms with van der Waals surface area (Å²) in [4.78, 5) is 55.9. The standard InChI is InChI=1S/C29H39FN6O4/c1-20(2)24-18-34(27(38)9-5-14-35-15-6-13-32-35)19-26(37)31-12-3-7-21-10-11-23(30)22(17-21)29(40)36-16-4-8-25(36)28(39)33-24/h6,10-11,13,15,17,20,24-25H,3-5,7-9,12,14,16,18-19H2,1-2H3,(H,31,37)(H,33,39)/t24-,25-/m0/s1. The zero-order valence-corrected chi connectivity index (χ0v) is 23.3. The van der Waals surface area contributed by atoms with Crippen LogP contribution in [0.5, 0.6) is 0 Å². The van der Waals surface area contributed by atoms with Gasteiger partial charge in [-0.3, -0.25) is 23.9 Å². The van der Waals surface area contributed by atoms with E-state index >= 15 is 0 Å². The average Bonchev–Trinajstić information content (AvgIpc) is 3.62. The van der Waals surface area contributed by atoms with E-state index in [1.165, 1.54) is 15.9 Å². The zero-order chi connectivity index (χ0) is 28.6. The fourth-order valence-electron chi connectivity index (χ4n) is 5.26. The van der Waals surface area contributed by atoms with Crippen molar-refractivity contribution < 1.29 is 23.6 Å². The van der Waals surface area contributed by atoms with Gasteiger partial charge in [0.1, 0.15) is 11.9 Å². The Bertz CT molecular complexity index is 1200. The number of carbonyl (C=O) groups excluding carboxylic acids is 4. The van der Waals surface area contributed by atoms with E-state index in [-0.39, 0.29) is 48.7 Å². The number of hydrogen-bond acceptors (Lipinski definition) is 5. The molecule has 40 heavy (non-hydrogen) atoms. The fourth-order valence-corrected chi connectivity index (χ4v) is 5.26. The van der Waals surface area contributed by atoms with Crippen molar-refractivity contribution in [3.8, 4) is 0 Å². The summed E-state index contributed by atoms with van der Waals surface area (Å²) in [7, 11) is 0. The highest BCUT2D eigenvalue weighted by molar-refractivity contribution is 5.98. The summed E-state index contributed by atoms with van der Waals surface area (Å²) >= 11 is 0. The second-order valence-electron chi connectivity index (χ2n) is 10.9. The number of fused-ring (bicyclic) bond motifs is 3. The Labute approximate surface area is 234 Å². The molecular formula is C29H39FN6O4. The predicted molar refractivity (Wildman–Crippen MR) is 147 cm³/mol. The molecule has 10 nitrogen and oxygen atoms in total. The van der Waals surface area contributed by atoms with Gasteiger partial charge < -0.3 is 20.4 Å². The molecule has 2 atom stereocenters. The lowest BCUT2D eigenvalue weighted by atomic mass is 10.0. The van der Waals surface area contributed by atoms with Crippen LogP contribution in [-0.4, -0.2) is 81.5 Å². The minimum absolute atomic E-state index is 0.0437. The van der Waals surface area contributed by atoms with Gasteiger partial charge in [0, 0.05) is 51.0 Å². The number of aromatic nitrogens is 2. The Morgan fingerprint density at radius 3 is 2.77 bits per heavy atom. The molecule has 0 aliphatic carbocycles. The molecule has 216 valence electrons. The van der Waals surface area contributed by atoms with Crippen molar-refractivity contribution in [1.29, 1.82) is 0 Å².